The van der Waals surface area contributed by atoms with Crippen LogP contribution in [0.4, 0.5) is 0 Å². The fourth-order valence-electron chi connectivity index (χ4n) is 2.71. The van der Waals surface area contributed by atoms with Gasteiger partial charge in [-0.3, -0.25) is 9.59 Å². The fraction of sp³-hybridized carbons (Fsp3) is 0.250. The monoisotopic (exact) mass is 383 g/mol. The Bertz CT molecular complexity index is 925. The molecule has 0 aliphatic heterocycles. The van der Waals surface area contributed by atoms with Crippen molar-refractivity contribution in [3.05, 3.63) is 66.0 Å². The first-order chi connectivity index (χ1) is 13.2. The van der Waals surface area contributed by atoms with Crippen molar-refractivity contribution in [3.63, 3.8) is 0 Å². The van der Waals surface area contributed by atoms with Crippen LogP contribution in [0.3, 0.4) is 0 Å². The number of amides is 1. The summed E-state index contributed by atoms with van der Waals surface area (Å²) >= 11 is 1.63. The van der Waals surface area contributed by atoms with Gasteiger partial charge in [0, 0.05) is 6.54 Å². The predicted molar refractivity (Wildman–Crippen MR) is 106 cm³/mol. The van der Waals surface area contributed by atoms with Crippen LogP contribution in [0.25, 0.3) is 11.0 Å². The Labute approximate surface area is 161 Å². The van der Waals surface area contributed by atoms with Gasteiger partial charge < -0.3 is 14.6 Å². The van der Waals surface area contributed by atoms with Crippen LogP contribution in [-0.4, -0.2) is 34.3 Å². The molecule has 0 saturated heterocycles. The van der Waals surface area contributed by atoms with E-state index in [0.717, 1.165) is 22.4 Å². The molecule has 0 unspecified atom stereocenters. The van der Waals surface area contributed by atoms with E-state index in [1.165, 1.54) is 0 Å². The Morgan fingerprint density at radius 2 is 1.85 bits per heavy atom. The predicted octanol–water partition coefficient (Wildman–Crippen LogP) is 2.76. The van der Waals surface area contributed by atoms with Crippen molar-refractivity contribution in [2.75, 3.05) is 12.9 Å². The number of esters is 1. The maximum Gasteiger partial charge on any atom is 0.326 e. The van der Waals surface area contributed by atoms with Crippen LogP contribution in [0.2, 0.25) is 0 Å². The maximum atomic E-state index is 12.2. The second-order valence-corrected chi connectivity index (χ2v) is 6.82. The number of aromatic nitrogens is 2. The molecular weight excluding hydrogens is 362 g/mol. The first kappa shape index (κ1) is 19.0. The van der Waals surface area contributed by atoms with Crippen LogP contribution in [0, 0.1) is 0 Å². The van der Waals surface area contributed by atoms with Gasteiger partial charge in [0.2, 0.25) is 0 Å². The molecular formula is C20H21N3O3S. The Morgan fingerprint density at radius 1 is 1.11 bits per heavy atom. The highest BCUT2D eigenvalue weighted by Gasteiger charge is 2.15. The van der Waals surface area contributed by atoms with Gasteiger partial charge >= 0.3 is 5.97 Å². The minimum Gasteiger partial charge on any atom is -0.454 e. The zero-order valence-electron chi connectivity index (χ0n) is 15.1. The average molecular weight is 383 g/mol. The van der Waals surface area contributed by atoms with Gasteiger partial charge in [-0.25, -0.2) is 4.98 Å². The fourth-order valence-corrected chi connectivity index (χ4v) is 3.19. The Morgan fingerprint density at radius 3 is 2.63 bits per heavy atom. The highest BCUT2D eigenvalue weighted by atomic mass is 32.2. The number of fused-ring (bicyclic) bond motifs is 1. The maximum absolute atomic E-state index is 12.2. The van der Waals surface area contributed by atoms with Gasteiger partial charge in [-0.15, -0.1) is 0 Å². The third kappa shape index (κ3) is 5.10. The van der Waals surface area contributed by atoms with Crippen molar-refractivity contribution < 1.29 is 14.3 Å². The van der Waals surface area contributed by atoms with Gasteiger partial charge in [-0.2, -0.15) is 11.8 Å². The lowest BCUT2D eigenvalue weighted by atomic mass is 10.2. The molecule has 0 spiro atoms. The molecule has 0 aliphatic carbocycles. The van der Waals surface area contributed by atoms with E-state index in [2.05, 4.69) is 10.3 Å². The van der Waals surface area contributed by atoms with Gasteiger partial charge in [0.15, 0.2) is 6.61 Å². The van der Waals surface area contributed by atoms with E-state index < -0.39 is 5.97 Å². The third-order valence-corrected chi connectivity index (χ3v) is 4.54. The topological polar surface area (TPSA) is 73.2 Å². The number of hydrogen-bond donors (Lipinski definition) is 1. The summed E-state index contributed by atoms with van der Waals surface area (Å²) in [7, 11) is 0. The third-order valence-electron chi connectivity index (χ3n) is 3.99. The average Bonchev–Trinajstić information content (AvgIpc) is 3.03. The Kier molecular flexibility index (Phi) is 6.49. The standard InChI is InChI=1S/C20H21N3O3S/c1-27-14-18-22-16-9-5-6-10-17(16)23(18)12-20(25)26-13-19(24)21-11-15-7-3-2-4-8-15/h2-10H,11-14H2,1H3,(H,21,24). The van der Waals surface area contributed by atoms with Crippen LogP contribution < -0.4 is 5.32 Å². The molecule has 140 valence electrons. The molecule has 1 N–H and O–H groups in total. The smallest absolute Gasteiger partial charge is 0.326 e. The van der Waals surface area contributed by atoms with Gasteiger partial charge in [-0.1, -0.05) is 42.5 Å². The van der Waals surface area contributed by atoms with Crippen LogP contribution in [0.15, 0.2) is 54.6 Å². The molecule has 0 atom stereocenters. The minimum absolute atomic E-state index is 0.0301. The summed E-state index contributed by atoms with van der Waals surface area (Å²) in [6, 6.07) is 17.2. The van der Waals surface area contributed by atoms with Crippen LogP contribution >= 0.6 is 11.8 Å². The molecule has 2 aromatic carbocycles. The summed E-state index contributed by atoms with van der Waals surface area (Å²) in [4.78, 5) is 28.7. The van der Waals surface area contributed by atoms with Crippen molar-refractivity contribution in [1.29, 1.82) is 0 Å². The number of benzene rings is 2. The van der Waals surface area contributed by atoms with Crippen molar-refractivity contribution in [1.82, 2.24) is 14.9 Å². The first-order valence-corrected chi connectivity index (χ1v) is 9.96. The molecule has 0 fully saturated rings. The lowest BCUT2D eigenvalue weighted by Gasteiger charge is -2.09. The summed E-state index contributed by atoms with van der Waals surface area (Å²) in [5.74, 6) is 0.719. The normalized spacial score (nSPS) is 10.7. The molecule has 0 saturated carbocycles. The highest BCUT2D eigenvalue weighted by molar-refractivity contribution is 7.97. The molecule has 27 heavy (non-hydrogen) atoms. The van der Waals surface area contributed by atoms with E-state index in [0.29, 0.717) is 12.3 Å². The van der Waals surface area contributed by atoms with E-state index in [1.807, 2.05) is 65.4 Å². The second-order valence-electron chi connectivity index (χ2n) is 5.96. The molecule has 7 heteroatoms. The molecule has 1 heterocycles. The van der Waals surface area contributed by atoms with E-state index in [4.69, 9.17) is 4.74 Å². The van der Waals surface area contributed by atoms with Crippen molar-refractivity contribution in [2.24, 2.45) is 0 Å². The summed E-state index contributed by atoms with van der Waals surface area (Å²) in [5.41, 5.74) is 2.71. The lowest BCUT2D eigenvalue weighted by molar-refractivity contribution is -0.149. The van der Waals surface area contributed by atoms with Crippen LogP contribution in [0.1, 0.15) is 11.4 Å². The van der Waals surface area contributed by atoms with Gasteiger partial charge in [0.05, 0.1) is 16.8 Å². The van der Waals surface area contributed by atoms with Gasteiger partial charge in [0.25, 0.3) is 5.91 Å². The number of carbonyl (C=O) groups excluding carboxylic acids is 2. The Balaban J connectivity index is 1.55. The number of thioether (sulfide) groups is 1. The molecule has 1 amide bonds. The quantitative estimate of drug-likeness (QED) is 0.606. The largest absolute Gasteiger partial charge is 0.454 e. The summed E-state index contributed by atoms with van der Waals surface area (Å²) in [5, 5.41) is 2.74. The van der Waals surface area contributed by atoms with E-state index in [1.54, 1.807) is 11.8 Å². The number of rotatable bonds is 8. The van der Waals surface area contributed by atoms with E-state index in [-0.39, 0.29) is 19.1 Å². The molecule has 0 radical (unpaired) electrons. The van der Waals surface area contributed by atoms with E-state index >= 15 is 0 Å². The van der Waals surface area contributed by atoms with E-state index in [9.17, 15) is 9.59 Å². The molecule has 6 nitrogen and oxygen atoms in total. The molecule has 1 aromatic heterocycles. The van der Waals surface area contributed by atoms with Crippen molar-refractivity contribution >= 4 is 34.7 Å². The number of para-hydroxylation sites is 2. The summed E-state index contributed by atoms with van der Waals surface area (Å²) in [6.45, 7) is 0.139. The van der Waals surface area contributed by atoms with Crippen LogP contribution in [0.5, 0.6) is 0 Å². The number of ether oxygens (including phenoxy) is 1. The second kappa shape index (κ2) is 9.23. The number of hydrogen-bond acceptors (Lipinski definition) is 5. The van der Waals surface area contributed by atoms with Gasteiger partial charge in [-0.05, 0) is 24.0 Å². The zero-order chi connectivity index (χ0) is 19.1. The van der Waals surface area contributed by atoms with Crippen molar-refractivity contribution in [2.45, 2.75) is 18.8 Å². The van der Waals surface area contributed by atoms with Crippen molar-refractivity contribution in [3.8, 4) is 0 Å². The van der Waals surface area contributed by atoms with Crippen LogP contribution in [-0.2, 0) is 33.2 Å². The zero-order valence-corrected chi connectivity index (χ0v) is 15.9. The number of carbonyl (C=O) groups is 2. The summed E-state index contributed by atoms with van der Waals surface area (Å²) in [6.07, 6.45) is 1.99. The molecule has 3 aromatic rings. The molecule has 0 bridgehead atoms. The SMILES string of the molecule is CSCc1nc2ccccc2n1CC(=O)OCC(=O)NCc1ccccc1. The Hall–Kier alpha value is -2.80. The highest BCUT2D eigenvalue weighted by Crippen LogP contribution is 2.19. The van der Waals surface area contributed by atoms with Gasteiger partial charge in [0.1, 0.15) is 12.4 Å². The summed E-state index contributed by atoms with van der Waals surface area (Å²) < 4.78 is 6.98. The minimum atomic E-state index is -0.463. The number of imidazole rings is 1. The lowest BCUT2D eigenvalue weighted by Crippen LogP contribution is -2.29. The number of nitrogens with one attached hydrogen (secondary N) is 1. The number of nitrogens with zero attached hydrogens (tertiary/aromatic N) is 2. The molecule has 3 rings (SSSR count). The molecule has 0 aliphatic rings. The first-order valence-electron chi connectivity index (χ1n) is 8.56.